The predicted molar refractivity (Wildman–Crippen MR) is 74.1 cm³/mol. The van der Waals surface area contributed by atoms with Gasteiger partial charge in [0.25, 0.3) is 0 Å². The molecule has 3 nitrogen and oxygen atoms in total. The maximum atomic E-state index is 11.7. The molecule has 0 saturated heterocycles. The van der Waals surface area contributed by atoms with Crippen LogP contribution in [0.1, 0.15) is 53.9 Å². The van der Waals surface area contributed by atoms with Gasteiger partial charge in [0.1, 0.15) is 0 Å². The first-order valence-corrected chi connectivity index (χ1v) is 6.88. The highest BCUT2D eigenvalue weighted by Crippen LogP contribution is 2.16. The molecule has 0 aromatic heterocycles. The van der Waals surface area contributed by atoms with E-state index in [0.29, 0.717) is 12.0 Å². The largest absolute Gasteiger partial charge is 0.355 e. The molecule has 102 valence electrons. The van der Waals surface area contributed by atoms with Crippen LogP contribution in [0.25, 0.3) is 0 Å². The molecular formula is C14H30N2O. The molecule has 0 aliphatic rings. The van der Waals surface area contributed by atoms with E-state index in [9.17, 15) is 4.79 Å². The van der Waals surface area contributed by atoms with Gasteiger partial charge >= 0.3 is 0 Å². The molecule has 17 heavy (non-hydrogen) atoms. The van der Waals surface area contributed by atoms with Crippen LogP contribution < -0.4 is 5.32 Å². The monoisotopic (exact) mass is 242 g/mol. The summed E-state index contributed by atoms with van der Waals surface area (Å²) in [6, 6.07) is 0. The molecule has 0 aromatic carbocycles. The number of rotatable bonds is 8. The second kappa shape index (κ2) is 8.51. The molecule has 0 atom stereocenters. The minimum absolute atomic E-state index is 0.163. The molecule has 0 rings (SSSR count). The number of hydrogen-bond donors (Lipinski definition) is 1. The van der Waals surface area contributed by atoms with E-state index < -0.39 is 0 Å². The van der Waals surface area contributed by atoms with Gasteiger partial charge in [-0.15, -0.1) is 0 Å². The summed E-state index contributed by atoms with van der Waals surface area (Å²) in [6.45, 7) is 14.3. The third-order valence-electron chi connectivity index (χ3n) is 2.64. The lowest BCUT2D eigenvalue weighted by Crippen LogP contribution is -2.39. The third kappa shape index (κ3) is 10.3. The van der Waals surface area contributed by atoms with Crippen LogP contribution in [0.3, 0.4) is 0 Å². The average Bonchev–Trinajstić information content (AvgIpc) is 2.16. The van der Waals surface area contributed by atoms with Crippen LogP contribution in [-0.2, 0) is 4.79 Å². The molecule has 0 unspecified atom stereocenters. The Bertz CT molecular complexity index is 203. The molecule has 0 bridgehead atoms. The van der Waals surface area contributed by atoms with Crippen LogP contribution in [0.5, 0.6) is 0 Å². The Hall–Kier alpha value is -0.570. The van der Waals surface area contributed by atoms with Crippen molar-refractivity contribution in [2.75, 3.05) is 26.2 Å². The molecule has 0 aliphatic carbocycles. The second-order valence-electron chi connectivity index (χ2n) is 5.94. The van der Waals surface area contributed by atoms with Crippen molar-refractivity contribution in [2.45, 2.75) is 53.9 Å². The first kappa shape index (κ1) is 16.4. The summed E-state index contributed by atoms with van der Waals surface area (Å²) in [6.07, 6.45) is 3.24. The summed E-state index contributed by atoms with van der Waals surface area (Å²) in [4.78, 5) is 14.0. The smallest absolute Gasteiger partial charge is 0.234 e. The van der Waals surface area contributed by atoms with E-state index in [2.05, 4.69) is 44.8 Å². The van der Waals surface area contributed by atoms with Crippen LogP contribution in [-0.4, -0.2) is 37.0 Å². The van der Waals surface area contributed by atoms with E-state index >= 15 is 0 Å². The van der Waals surface area contributed by atoms with E-state index in [-0.39, 0.29) is 5.91 Å². The zero-order valence-electron chi connectivity index (χ0n) is 12.3. The SMILES string of the molecule is CCCN(CCC)CC(=O)NCCC(C)(C)C. The van der Waals surface area contributed by atoms with Gasteiger partial charge in [-0.1, -0.05) is 34.6 Å². The Morgan fingerprint density at radius 1 is 1.12 bits per heavy atom. The lowest BCUT2D eigenvalue weighted by molar-refractivity contribution is -0.122. The Morgan fingerprint density at radius 2 is 1.65 bits per heavy atom. The lowest BCUT2D eigenvalue weighted by Gasteiger charge is -2.21. The lowest BCUT2D eigenvalue weighted by atomic mass is 9.92. The van der Waals surface area contributed by atoms with Gasteiger partial charge in [-0.3, -0.25) is 9.69 Å². The average molecular weight is 242 g/mol. The van der Waals surface area contributed by atoms with Gasteiger partial charge in [0.15, 0.2) is 0 Å². The first-order valence-electron chi connectivity index (χ1n) is 6.88. The van der Waals surface area contributed by atoms with Crippen molar-refractivity contribution in [1.82, 2.24) is 10.2 Å². The van der Waals surface area contributed by atoms with Crippen molar-refractivity contribution in [2.24, 2.45) is 5.41 Å². The van der Waals surface area contributed by atoms with Crippen LogP contribution in [0, 0.1) is 5.41 Å². The molecule has 3 heteroatoms. The number of amides is 1. The van der Waals surface area contributed by atoms with Gasteiger partial charge in [0, 0.05) is 6.54 Å². The normalized spacial score (nSPS) is 11.9. The van der Waals surface area contributed by atoms with Crippen molar-refractivity contribution in [1.29, 1.82) is 0 Å². The molecular weight excluding hydrogens is 212 g/mol. The number of nitrogens with zero attached hydrogens (tertiary/aromatic N) is 1. The topological polar surface area (TPSA) is 32.3 Å². The maximum absolute atomic E-state index is 11.7. The Kier molecular flexibility index (Phi) is 8.23. The van der Waals surface area contributed by atoms with Crippen LogP contribution in [0.4, 0.5) is 0 Å². The zero-order valence-corrected chi connectivity index (χ0v) is 12.3. The maximum Gasteiger partial charge on any atom is 0.234 e. The summed E-state index contributed by atoms with van der Waals surface area (Å²) < 4.78 is 0. The molecule has 0 saturated carbocycles. The zero-order chi connectivity index (χ0) is 13.3. The Labute approximate surface area is 107 Å². The number of nitrogens with one attached hydrogen (secondary N) is 1. The standard InChI is InChI=1S/C14H30N2O/c1-6-10-16(11-7-2)12-13(17)15-9-8-14(3,4)5/h6-12H2,1-5H3,(H,15,17). The number of carbonyl (C=O) groups excluding carboxylic acids is 1. The molecule has 0 heterocycles. The molecule has 0 radical (unpaired) electrons. The van der Waals surface area contributed by atoms with Gasteiger partial charge in [0.05, 0.1) is 6.54 Å². The number of carbonyl (C=O) groups is 1. The van der Waals surface area contributed by atoms with Gasteiger partial charge in [-0.2, -0.15) is 0 Å². The fourth-order valence-electron chi connectivity index (χ4n) is 1.74. The molecule has 0 aromatic rings. The predicted octanol–water partition coefficient (Wildman–Crippen LogP) is 2.66. The minimum atomic E-state index is 0.163. The fraction of sp³-hybridized carbons (Fsp3) is 0.929. The molecule has 0 spiro atoms. The van der Waals surface area contributed by atoms with E-state index in [1.54, 1.807) is 0 Å². The Morgan fingerprint density at radius 3 is 2.06 bits per heavy atom. The van der Waals surface area contributed by atoms with Crippen molar-refractivity contribution < 1.29 is 4.79 Å². The van der Waals surface area contributed by atoms with Crippen LogP contribution in [0.2, 0.25) is 0 Å². The summed E-state index contributed by atoms with van der Waals surface area (Å²) in [5.41, 5.74) is 0.291. The summed E-state index contributed by atoms with van der Waals surface area (Å²) >= 11 is 0. The fourth-order valence-corrected chi connectivity index (χ4v) is 1.74. The summed E-state index contributed by atoms with van der Waals surface area (Å²) in [7, 11) is 0. The first-order chi connectivity index (χ1) is 7.89. The van der Waals surface area contributed by atoms with Crippen molar-refractivity contribution >= 4 is 5.91 Å². The van der Waals surface area contributed by atoms with E-state index in [1.807, 2.05) is 0 Å². The van der Waals surface area contributed by atoms with Crippen molar-refractivity contribution in [3.63, 3.8) is 0 Å². The summed E-state index contributed by atoms with van der Waals surface area (Å²) in [5, 5.41) is 3.01. The van der Waals surface area contributed by atoms with E-state index in [4.69, 9.17) is 0 Å². The summed E-state index contributed by atoms with van der Waals surface area (Å²) in [5.74, 6) is 0.163. The molecule has 1 N–H and O–H groups in total. The third-order valence-corrected chi connectivity index (χ3v) is 2.64. The molecule has 0 aliphatic heterocycles. The van der Waals surface area contributed by atoms with Gasteiger partial charge < -0.3 is 5.32 Å². The highest BCUT2D eigenvalue weighted by Gasteiger charge is 2.12. The van der Waals surface area contributed by atoms with Gasteiger partial charge in [-0.05, 0) is 37.8 Å². The molecule has 0 fully saturated rings. The van der Waals surface area contributed by atoms with Gasteiger partial charge in [-0.25, -0.2) is 0 Å². The quantitative estimate of drug-likeness (QED) is 0.709. The highest BCUT2D eigenvalue weighted by molar-refractivity contribution is 5.77. The second-order valence-corrected chi connectivity index (χ2v) is 5.94. The van der Waals surface area contributed by atoms with E-state index in [0.717, 1.165) is 38.9 Å². The molecule has 1 amide bonds. The van der Waals surface area contributed by atoms with Gasteiger partial charge in [0.2, 0.25) is 5.91 Å². The number of hydrogen-bond acceptors (Lipinski definition) is 2. The van der Waals surface area contributed by atoms with E-state index in [1.165, 1.54) is 0 Å². The highest BCUT2D eigenvalue weighted by atomic mass is 16.2. The van der Waals surface area contributed by atoms with Crippen molar-refractivity contribution in [3.05, 3.63) is 0 Å². The minimum Gasteiger partial charge on any atom is -0.355 e. The van der Waals surface area contributed by atoms with Crippen LogP contribution in [0.15, 0.2) is 0 Å². The van der Waals surface area contributed by atoms with Crippen molar-refractivity contribution in [3.8, 4) is 0 Å². The van der Waals surface area contributed by atoms with Crippen LogP contribution >= 0.6 is 0 Å². The Balaban J connectivity index is 3.81.